The average molecular weight is 428 g/mol. The molecule has 4 rings (SSSR count). The van der Waals surface area contributed by atoms with Gasteiger partial charge in [-0.2, -0.15) is 0 Å². The first-order valence-electron chi connectivity index (χ1n) is 13.0. The van der Waals surface area contributed by atoms with Gasteiger partial charge in [0.15, 0.2) is 0 Å². The number of aliphatic hydroxyl groups is 2. The molecule has 31 heavy (non-hydrogen) atoms. The van der Waals surface area contributed by atoms with Crippen molar-refractivity contribution >= 4 is 0 Å². The standard InChI is InChI=1S/C28H45NO2/c1-19(18-29-15-6-5-8-20(29)2)25-12-13-26-22(9-7-14-28(25,26)4)10-11-23-16-24(30)17-27(31)21(23)3/h10-11,19-20,24-27,30-31H,3,5-9,12-18H2,1-2,4H3/b22-10+,23-11-/t19-,20-,24-,25-,26+,27-,28-/m1/s1. The lowest BCUT2D eigenvalue weighted by molar-refractivity contribution is 0.0598. The van der Waals surface area contributed by atoms with Crippen LogP contribution < -0.4 is 0 Å². The van der Waals surface area contributed by atoms with E-state index in [1.807, 2.05) is 0 Å². The molecule has 0 radical (unpaired) electrons. The Hall–Kier alpha value is -0.900. The van der Waals surface area contributed by atoms with Crippen LogP contribution in [0, 0.1) is 23.2 Å². The molecule has 0 amide bonds. The Morgan fingerprint density at radius 3 is 2.74 bits per heavy atom. The van der Waals surface area contributed by atoms with Crippen LogP contribution in [0.4, 0.5) is 0 Å². The molecular formula is C28H45NO2. The third-order valence-electron chi connectivity index (χ3n) is 9.45. The smallest absolute Gasteiger partial charge is 0.0811 e. The van der Waals surface area contributed by atoms with Crippen molar-refractivity contribution in [1.82, 2.24) is 4.90 Å². The molecule has 0 aromatic carbocycles. The molecule has 1 heterocycles. The Morgan fingerprint density at radius 1 is 1.16 bits per heavy atom. The van der Waals surface area contributed by atoms with Crippen LogP contribution in [0.2, 0.25) is 0 Å². The fourth-order valence-electron chi connectivity index (χ4n) is 7.61. The summed E-state index contributed by atoms with van der Waals surface area (Å²) >= 11 is 0. The number of aliphatic hydroxyl groups excluding tert-OH is 2. The van der Waals surface area contributed by atoms with Gasteiger partial charge >= 0.3 is 0 Å². The van der Waals surface area contributed by atoms with Gasteiger partial charge in [0.2, 0.25) is 0 Å². The maximum absolute atomic E-state index is 10.2. The van der Waals surface area contributed by atoms with Crippen molar-refractivity contribution < 1.29 is 10.2 Å². The van der Waals surface area contributed by atoms with Gasteiger partial charge in [0.1, 0.15) is 0 Å². The van der Waals surface area contributed by atoms with E-state index in [0.29, 0.717) is 24.2 Å². The summed E-state index contributed by atoms with van der Waals surface area (Å²) in [6.45, 7) is 14.2. The normalized spacial score (nSPS) is 43.4. The van der Waals surface area contributed by atoms with E-state index in [2.05, 4.69) is 44.4 Å². The molecule has 7 atom stereocenters. The van der Waals surface area contributed by atoms with Gasteiger partial charge in [0.05, 0.1) is 12.2 Å². The Kier molecular flexibility index (Phi) is 7.15. The first-order valence-corrected chi connectivity index (χ1v) is 13.0. The Labute approximate surface area is 190 Å². The zero-order valence-corrected chi connectivity index (χ0v) is 20.2. The van der Waals surface area contributed by atoms with Crippen molar-refractivity contribution in [2.75, 3.05) is 13.1 Å². The van der Waals surface area contributed by atoms with Crippen LogP contribution in [0.1, 0.15) is 85.0 Å². The lowest BCUT2D eigenvalue weighted by Gasteiger charge is -2.46. The number of nitrogens with zero attached hydrogens (tertiary/aromatic N) is 1. The summed E-state index contributed by atoms with van der Waals surface area (Å²) in [5.41, 5.74) is 3.86. The van der Waals surface area contributed by atoms with E-state index >= 15 is 0 Å². The van der Waals surface area contributed by atoms with Crippen molar-refractivity contribution in [2.45, 2.75) is 103 Å². The summed E-state index contributed by atoms with van der Waals surface area (Å²) in [4.78, 5) is 2.76. The van der Waals surface area contributed by atoms with Crippen LogP contribution in [-0.2, 0) is 0 Å². The molecule has 3 heteroatoms. The van der Waals surface area contributed by atoms with Gasteiger partial charge in [0, 0.05) is 19.0 Å². The summed E-state index contributed by atoms with van der Waals surface area (Å²) in [6, 6.07) is 0.754. The van der Waals surface area contributed by atoms with Crippen LogP contribution in [-0.4, -0.2) is 46.5 Å². The Balaban J connectivity index is 1.48. The lowest BCUT2D eigenvalue weighted by atomic mass is 9.61. The second-order valence-corrected chi connectivity index (χ2v) is 11.5. The van der Waals surface area contributed by atoms with E-state index in [4.69, 9.17) is 0 Å². The largest absolute Gasteiger partial charge is 0.393 e. The highest BCUT2D eigenvalue weighted by molar-refractivity contribution is 5.38. The average Bonchev–Trinajstić information content (AvgIpc) is 3.09. The summed E-state index contributed by atoms with van der Waals surface area (Å²) in [5, 5.41) is 20.2. The van der Waals surface area contributed by atoms with Gasteiger partial charge < -0.3 is 15.1 Å². The zero-order valence-electron chi connectivity index (χ0n) is 20.2. The number of fused-ring (bicyclic) bond motifs is 1. The Morgan fingerprint density at radius 2 is 1.97 bits per heavy atom. The third-order valence-corrected chi connectivity index (χ3v) is 9.45. The number of hydrogen-bond donors (Lipinski definition) is 2. The van der Waals surface area contributed by atoms with E-state index in [1.54, 1.807) is 5.57 Å². The molecule has 0 bridgehead atoms. The molecule has 2 N–H and O–H groups in total. The maximum atomic E-state index is 10.2. The lowest BCUT2D eigenvalue weighted by Crippen LogP contribution is -2.44. The molecule has 0 spiro atoms. The number of likely N-dealkylation sites (tertiary alicyclic amines) is 1. The number of hydrogen-bond acceptors (Lipinski definition) is 3. The van der Waals surface area contributed by atoms with E-state index in [-0.39, 0.29) is 0 Å². The van der Waals surface area contributed by atoms with Crippen molar-refractivity contribution in [3.63, 3.8) is 0 Å². The van der Waals surface area contributed by atoms with Crippen molar-refractivity contribution in [1.29, 1.82) is 0 Å². The monoisotopic (exact) mass is 427 g/mol. The molecule has 3 saturated carbocycles. The molecule has 3 aliphatic carbocycles. The number of allylic oxidation sites excluding steroid dienone is 3. The second-order valence-electron chi connectivity index (χ2n) is 11.5. The maximum Gasteiger partial charge on any atom is 0.0811 e. The SMILES string of the molecule is C=C1/C(=C\C=C2/CCC[C@]3(C)[C@@H]([C@H](C)CN4CCCC[C@H]4C)CC[C@@H]23)C[C@@H](O)C[C@H]1O. The molecule has 1 saturated heterocycles. The van der Waals surface area contributed by atoms with E-state index < -0.39 is 12.2 Å². The zero-order chi connectivity index (χ0) is 22.2. The Bertz CT molecular complexity index is 725. The van der Waals surface area contributed by atoms with Crippen molar-refractivity contribution in [2.24, 2.45) is 23.2 Å². The van der Waals surface area contributed by atoms with Crippen molar-refractivity contribution in [3.05, 3.63) is 35.5 Å². The second kappa shape index (κ2) is 9.53. The summed E-state index contributed by atoms with van der Waals surface area (Å²) in [5.74, 6) is 2.27. The fraction of sp³-hybridized carbons (Fsp3) is 0.786. The van der Waals surface area contributed by atoms with Crippen LogP contribution in [0.25, 0.3) is 0 Å². The molecule has 4 fully saturated rings. The number of rotatable bonds is 4. The predicted octanol–water partition coefficient (Wildman–Crippen LogP) is 5.64. The highest BCUT2D eigenvalue weighted by Crippen LogP contribution is 2.59. The third kappa shape index (κ3) is 4.75. The minimum absolute atomic E-state index is 0.419. The van der Waals surface area contributed by atoms with Crippen LogP contribution in [0.5, 0.6) is 0 Å². The van der Waals surface area contributed by atoms with Crippen molar-refractivity contribution in [3.8, 4) is 0 Å². The fourth-order valence-corrected chi connectivity index (χ4v) is 7.61. The minimum atomic E-state index is -0.598. The molecule has 4 aliphatic rings. The van der Waals surface area contributed by atoms with Crippen LogP contribution in [0.3, 0.4) is 0 Å². The molecule has 0 aromatic rings. The van der Waals surface area contributed by atoms with E-state index in [0.717, 1.165) is 29.0 Å². The summed E-state index contributed by atoms with van der Waals surface area (Å²) < 4.78 is 0. The van der Waals surface area contributed by atoms with Gasteiger partial charge in [-0.05, 0) is 99.1 Å². The van der Waals surface area contributed by atoms with Gasteiger partial charge in [-0.25, -0.2) is 0 Å². The van der Waals surface area contributed by atoms with Crippen LogP contribution in [0.15, 0.2) is 35.5 Å². The summed E-state index contributed by atoms with van der Waals surface area (Å²) in [6.07, 6.45) is 15.2. The van der Waals surface area contributed by atoms with Crippen LogP contribution >= 0.6 is 0 Å². The molecule has 0 unspecified atom stereocenters. The molecule has 1 aliphatic heterocycles. The molecular weight excluding hydrogens is 382 g/mol. The highest BCUT2D eigenvalue weighted by atomic mass is 16.3. The number of piperidine rings is 1. The first kappa shape index (κ1) is 23.3. The topological polar surface area (TPSA) is 43.7 Å². The van der Waals surface area contributed by atoms with E-state index in [1.165, 1.54) is 64.5 Å². The summed E-state index contributed by atoms with van der Waals surface area (Å²) in [7, 11) is 0. The first-order chi connectivity index (χ1) is 14.8. The molecule has 174 valence electrons. The van der Waals surface area contributed by atoms with Gasteiger partial charge in [-0.1, -0.05) is 44.6 Å². The quantitative estimate of drug-likeness (QED) is 0.610. The highest BCUT2D eigenvalue weighted by Gasteiger charge is 2.50. The molecule has 0 aromatic heterocycles. The van der Waals surface area contributed by atoms with Gasteiger partial charge in [0.25, 0.3) is 0 Å². The molecule has 3 nitrogen and oxygen atoms in total. The van der Waals surface area contributed by atoms with E-state index in [9.17, 15) is 10.2 Å². The minimum Gasteiger partial charge on any atom is -0.393 e. The predicted molar refractivity (Wildman–Crippen MR) is 129 cm³/mol. The van der Waals surface area contributed by atoms with Gasteiger partial charge in [-0.15, -0.1) is 0 Å². The van der Waals surface area contributed by atoms with Gasteiger partial charge in [-0.3, -0.25) is 0 Å².